The number of carbonyl (C=O) groups is 2. The fourth-order valence-corrected chi connectivity index (χ4v) is 3.79. The number of aliphatic carboxylic acids is 1. The smallest absolute Gasteiger partial charge is 0.336 e. The fraction of sp³-hybridized carbons (Fsp3) is 0. The summed E-state index contributed by atoms with van der Waals surface area (Å²) < 4.78 is 0. The number of benzene rings is 2. The molecule has 32 heavy (non-hydrogen) atoms. The topological polar surface area (TPSA) is 111 Å². The number of fused-ring (bicyclic) bond motifs is 2. The molecule has 0 aliphatic heterocycles. The predicted molar refractivity (Wildman–Crippen MR) is 124 cm³/mol. The van der Waals surface area contributed by atoms with Crippen molar-refractivity contribution in [3.05, 3.63) is 95.9 Å². The number of carbonyl (C=O) groups excluding carboxylic acids is 1. The Labute approximate surface area is 182 Å². The van der Waals surface area contributed by atoms with E-state index in [1.54, 1.807) is 55.0 Å². The number of hydrogen-bond acceptors (Lipinski definition) is 3. The number of carboxylic acids is 1. The highest BCUT2D eigenvalue weighted by Crippen LogP contribution is 2.30. The van der Waals surface area contributed by atoms with Crippen LogP contribution in [0.1, 0.15) is 21.5 Å². The first kappa shape index (κ1) is 19.3. The van der Waals surface area contributed by atoms with Crippen LogP contribution < -0.4 is 5.32 Å². The summed E-state index contributed by atoms with van der Waals surface area (Å²) in [5.74, 6) is -1.31. The number of H-pyrrole nitrogens is 2. The van der Waals surface area contributed by atoms with Gasteiger partial charge in [-0.15, -0.1) is 0 Å². The molecule has 0 spiro atoms. The zero-order valence-corrected chi connectivity index (χ0v) is 16.8. The summed E-state index contributed by atoms with van der Waals surface area (Å²) in [7, 11) is 0. The zero-order valence-electron chi connectivity index (χ0n) is 16.8. The van der Waals surface area contributed by atoms with E-state index in [0.29, 0.717) is 33.4 Å². The Balaban J connectivity index is 1.58. The highest BCUT2D eigenvalue weighted by Gasteiger charge is 2.17. The number of nitrogens with one attached hydrogen (secondary N) is 3. The Hall–Kier alpha value is -4.65. The molecule has 7 heteroatoms. The molecular formula is C25H18N4O3. The molecule has 0 saturated heterocycles. The minimum Gasteiger partial charge on any atom is -0.478 e. The van der Waals surface area contributed by atoms with Gasteiger partial charge in [0.2, 0.25) is 0 Å². The Morgan fingerprint density at radius 2 is 1.72 bits per heavy atom. The van der Waals surface area contributed by atoms with Gasteiger partial charge in [0.05, 0.1) is 16.8 Å². The van der Waals surface area contributed by atoms with Crippen LogP contribution in [0.5, 0.6) is 0 Å². The molecule has 3 aromatic heterocycles. The third kappa shape index (κ3) is 3.41. The van der Waals surface area contributed by atoms with Gasteiger partial charge in [-0.2, -0.15) is 0 Å². The monoisotopic (exact) mass is 422 g/mol. The van der Waals surface area contributed by atoms with Crippen LogP contribution >= 0.6 is 0 Å². The highest BCUT2D eigenvalue weighted by molar-refractivity contribution is 6.22. The van der Waals surface area contributed by atoms with Crippen LogP contribution in [0.25, 0.3) is 33.6 Å². The van der Waals surface area contributed by atoms with Gasteiger partial charge in [-0.3, -0.25) is 4.79 Å². The van der Waals surface area contributed by atoms with Crippen LogP contribution in [-0.4, -0.2) is 31.9 Å². The van der Waals surface area contributed by atoms with Gasteiger partial charge in [0, 0.05) is 40.4 Å². The maximum absolute atomic E-state index is 13.0. The van der Waals surface area contributed by atoms with Gasteiger partial charge in [-0.05, 0) is 23.8 Å². The number of hydrogen-bond donors (Lipinski definition) is 4. The van der Waals surface area contributed by atoms with Crippen molar-refractivity contribution < 1.29 is 14.7 Å². The minimum atomic E-state index is -1.04. The molecule has 0 saturated carbocycles. The quantitative estimate of drug-likeness (QED) is 0.301. The summed E-state index contributed by atoms with van der Waals surface area (Å²) in [4.78, 5) is 35.5. The van der Waals surface area contributed by atoms with E-state index >= 15 is 0 Å². The normalized spacial score (nSPS) is 11.7. The van der Waals surface area contributed by atoms with E-state index in [1.165, 1.54) is 0 Å². The first-order chi connectivity index (χ1) is 15.6. The lowest BCUT2D eigenvalue weighted by atomic mass is 10.0. The number of rotatable bonds is 5. The Morgan fingerprint density at radius 3 is 2.53 bits per heavy atom. The fourth-order valence-electron chi connectivity index (χ4n) is 3.79. The van der Waals surface area contributed by atoms with Crippen LogP contribution in [0.2, 0.25) is 0 Å². The molecule has 3 heterocycles. The van der Waals surface area contributed by atoms with E-state index in [9.17, 15) is 14.7 Å². The van der Waals surface area contributed by atoms with Crippen molar-refractivity contribution in [2.75, 3.05) is 5.32 Å². The van der Waals surface area contributed by atoms with Gasteiger partial charge in [-0.25, -0.2) is 9.78 Å². The second-order valence-corrected chi connectivity index (χ2v) is 7.26. The Bertz CT molecular complexity index is 1500. The maximum Gasteiger partial charge on any atom is 0.336 e. The minimum absolute atomic E-state index is 0.143. The standard InChI is InChI=1S/C25H18N4O3/c30-24(19-14-27-20-9-5-4-8-17(19)20)29-21-10-11-26-23-22(21)16(13-28-23)12-18(25(31)32)15-6-2-1-3-7-15/h1-14,27H,(H,31,32)(H2,26,28,29,30)/b18-12+. The van der Waals surface area contributed by atoms with Gasteiger partial charge < -0.3 is 20.4 Å². The molecule has 4 N–H and O–H groups in total. The molecule has 0 radical (unpaired) electrons. The number of nitrogens with zero attached hydrogens (tertiary/aromatic N) is 1. The van der Waals surface area contributed by atoms with Gasteiger partial charge in [0.15, 0.2) is 0 Å². The van der Waals surface area contributed by atoms with E-state index in [2.05, 4.69) is 20.3 Å². The third-order valence-electron chi connectivity index (χ3n) is 5.30. The molecule has 0 aliphatic rings. The van der Waals surface area contributed by atoms with Crippen LogP contribution in [0, 0.1) is 0 Å². The largest absolute Gasteiger partial charge is 0.478 e. The average molecular weight is 422 g/mol. The van der Waals surface area contributed by atoms with Crippen LogP contribution in [-0.2, 0) is 4.79 Å². The first-order valence-electron chi connectivity index (χ1n) is 9.96. The predicted octanol–water partition coefficient (Wildman–Crippen LogP) is 4.92. The van der Waals surface area contributed by atoms with E-state index in [-0.39, 0.29) is 11.5 Å². The second-order valence-electron chi connectivity index (χ2n) is 7.26. The average Bonchev–Trinajstić information content (AvgIpc) is 3.43. The number of carboxylic acid groups (broad SMARTS) is 1. The summed E-state index contributed by atoms with van der Waals surface area (Å²) in [6, 6.07) is 18.2. The van der Waals surface area contributed by atoms with Gasteiger partial charge in [-0.1, -0.05) is 48.5 Å². The zero-order chi connectivity index (χ0) is 22.1. The molecule has 0 atom stereocenters. The SMILES string of the molecule is O=C(O)/C(=C/c1c[nH]c2nccc(NC(=O)c3c[nH]c4ccccc34)c12)c1ccccc1. The molecule has 156 valence electrons. The van der Waals surface area contributed by atoms with Crippen LogP contribution in [0.15, 0.2) is 79.3 Å². The molecule has 7 nitrogen and oxygen atoms in total. The van der Waals surface area contributed by atoms with Crippen molar-refractivity contribution in [2.24, 2.45) is 0 Å². The molecule has 0 unspecified atom stereocenters. The number of amides is 1. The number of anilines is 1. The molecule has 1 amide bonds. The maximum atomic E-state index is 13.0. The third-order valence-corrected chi connectivity index (χ3v) is 5.30. The summed E-state index contributed by atoms with van der Waals surface area (Å²) in [6.45, 7) is 0. The van der Waals surface area contributed by atoms with E-state index in [0.717, 1.165) is 10.9 Å². The Morgan fingerprint density at radius 1 is 0.938 bits per heavy atom. The lowest BCUT2D eigenvalue weighted by Gasteiger charge is -2.08. The number of aromatic amines is 2. The van der Waals surface area contributed by atoms with Crippen molar-refractivity contribution in [3.63, 3.8) is 0 Å². The Kier molecular flexibility index (Phi) is 4.76. The summed E-state index contributed by atoms with van der Waals surface area (Å²) in [5, 5.41) is 14.2. The molecule has 5 rings (SSSR count). The molecule has 5 aromatic rings. The lowest BCUT2D eigenvalue weighted by Crippen LogP contribution is -2.11. The molecular weight excluding hydrogens is 404 g/mol. The van der Waals surface area contributed by atoms with Crippen LogP contribution in [0.4, 0.5) is 5.69 Å². The number of pyridine rings is 1. The first-order valence-corrected chi connectivity index (χ1v) is 9.96. The van der Waals surface area contributed by atoms with E-state index in [1.807, 2.05) is 30.3 Å². The highest BCUT2D eigenvalue weighted by atomic mass is 16.4. The van der Waals surface area contributed by atoms with Crippen molar-refractivity contribution >= 4 is 51.1 Å². The lowest BCUT2D eigenvalue weighted by molar-refractivity contribution is -0.130. The second kappa shape index (κ2) is 7.88. The van der Waals surface area contributed by atoms with Crippen molar-refractivity contribution in [1.29, 1.82) is 0 Å². The van der Waals surface area contributed by atoms with E-state index in [4.69, 9.17) is 0 Å². The van der Waals surface area contributed by atoms with Crippen LogP contribution in [0.3, 0.4) is 0 Å². The number of para-hydroxylation sites is 1. The molecule has 0 fully saturated rings. The molecule has 0 aliphatic carbocycles. The van der Waals surface area contributed by atoms with E-state index < -0.39 is 5.97 Å². The summed E-state index contributed by atoms with van der Waals surface area (Å²) in [5.41, 5.74) is 3.82. The van der Waals surface area contributed by atoms with Gasteiger partial charge in [0.25, 0.3) is 5.91 Å². The van der Waals surface area contributed by atoms with Crippen molar-refractivity contribution in [3.8, 4) is 0 Å². The van der Waals surface area contributed by atoms with Crippen molar-refractivity contribution in [2.45, 2.75) is 0 Å². The summed E-state index contributed by atoms with van der Waals surface area (Å²) in [6.07, 6.45) is 6.53. The van der Waals surface area contributed by atoms with Gasteiger partial charge >= 0.3 is 5.97 Å². The number of aromatic nitrogens is 3. The van der Waals surface area contributed by atoms with Crippen molar-refractivity contribution in [1.82, 2.24) is 15.0 Å². The molecule has 2 aromatic carbocycles. The van der Waals surface area contributed by atoms with Gasteiger partial charge in [0.1, 0.15) is 5.65 Å². The molecule has 0 bridgehead atoms. The summed E-state index contributed by atoms with van der Waals surface area (Å²) >= 11 is 0.